The lowest BCUT2D eigenvalue weighted by molar-refractivity contribution is 0.543. The summed E-state index contributed by atoms with van der Waals surface area (Å²) in [5, 5.41) is 19.1. The van der Waals surface area contributed by atoms with Gasteiger partial charge in [-0.3, -0.25) is 4.98 Å². The van der Waals surface area contributed by atoms with Gasteiger partial charge in [-0.2, -0.15) is 10.3 Å². The van der Waals surface area contributed by atoms with Gasteiger partial charge in [0, 0.05) is 36.2 Å². The van der Waals surface area contributed by atoms with E-state index in [0.717, 1.165) is 53.4 Å². The third-order valence-electron chi connectivity index (χ3n) is 4.98. The molecule has 3 aromatic heterocycles. The van der Waals surface area contributed by atoms with Gasteiger partial charge in [0.1, 0.15) is 5.82 Å². The van der Waals surface area contributed by atoms with E-state index in [4.69, 9.17) is 15.1 Å². The quantitative estimate of drug-likeness (QED) is 0.478. The molecule has 0 spiro atoms. The van der Waals surface area contributed by atoms with E-state index in [2.05, 4.69) is 52.1 Å². The Bertz CT molecular complexity index is 1080. The van der Waals surface area contributed by atoms with E-state index in [-0.39, 0.29) is 0 Å². The summed E-state index contributed by atoms with van der Waals surface area (Å²) >= 11 is 0. The average Bonchev–Trinajstić information content (AvgIpc) is 3.43. The smallest absolute Gasteiger partial charge is 0.205 e. The molecular formula is C22H26N8. The molecule has 154 valence electrons. The zero-order valence-corrected chi connectivity index (χ0v) is 17.6. The van der Waals surface area contributed by atoms with Crippen LogP contribution in [0.15, 0.2) is 42.6 Å². The van der Waals surface area contributed by atoms with Gasteiger partial charge in [-0.25, -0.2) is 9.67 Å². The van der Waals surface area contributed by atoms with Crippen LogP contribution in [0.1, 0.15) is 56.7 Å². The van der Waals surface area contributed by atoms with Gasteiger partial charge in [0.25, 0.3) is 0 Å². The van der Waals surface area contributed by atoms with Crippen molar-refractivity contribution >= 4 is 0 Å². The van der Waals surface area contributed by atoms with E-state index in [0.29, 0.717) is 18.2 Å². The predicted octanol–water partition coefficient (Wildman–Crippen LogP) is 4.03. The van der Waals surface area contributed by atoms with E-state index in [1.54, 1.807) is 0 Å². The van der Waals surface area contributed by atoms with Crippen molar-refractivity contribution in [1.82, 2.24) is 40.4 Å². The number of tetrazole rings is 1. The molecule has 0 amide bonds. The fourth-order valence-electron chi connectivity index (χ4n) is 3.30. The van der Waals surface area contributed by atoms with E-state index >= 15 is 0 Å². The number of pyridine rings is 1. The highest BCUT2D eigenvalue weighted by Crippen LogP contribution is 2.28. The zero-order chi connectivity index (χ0) is 20.9. The average molecular weight is 403 g/mol. The fourth-order valence-corrected chi connectivity index (χ4v) is 3.30. The SMILES string of the molecule is CCCCn1nc(C(C)C)nc1Cc1ccc(-c2ccccc2-c2nn[nH]n2)nc1. The number of benzene rings is 1. The Morgan fingerprint density at radius 2 is 1.90 bits per heavy atom. The summed E-state index contributed by atoms with van der Waals surface area (Å²) in [4.78, 5) is 9.49. The van der Waals surface area contributed by atoms with Crippen molar-refractivity contribution in [2.24, 2.45) is 0 Å². The monoisotopic (exact) mass is 402 g/mol. The van der Waals surface area contributed by atoms with Crippen LogP contribution >= 0.6 is 0 Å². The van der Waals surface area contributed by atoms with E-state index in [1.165, 1.54) is 0 Å². The largest absolute Gasteiger partial charge is 0.256 e. The maximum atomic E-state index is 4.78. The van der Waals surface area contributed by atoms with Gasteiger partial charge < -0.3 is 0 Å². The van der Waals surface area contributed by atoms with Crippen LogP contribution in [0.3, 0.4) is 0 Å². The molecule has 0 aliphatic rings. The number of rotatable bonds is 8. The van der Waals surface area contributed by atoms with Crippen LogP contribution in [0.5, 0.6) is 0 Å². The Kier molecular flexibility index (Phi) is 5.92. The Morgan fingerprint density at radius 1 is 1.07 bits per heavy atom. The second-order valence-corrected chi connectivity index (χ2v) is 7.63. The summed E-state index contributed by atoms with van der Waals surface area (Å²) in [6.45, 7) is 7.34. The van der Waals surface area contributed by atoms with Crippen molar-refractivity contribution in [3.05, 3.63) is 59.8 Å². The number of nitrogens with one attached hydrogen (secondary N) is 1. The third-order valence-corrected chi connectivity index (χ3v) is 4.98. The van der Waals surface area contributed by atoms with Crippen LogP contribution in [0, 0.1) is 0 Å². The van der Waals surface area contributed by atoms with Crippen LogP contribution in [0.4, 0.5) is 0 Å². The molecule has 0 bridgehead atoms. The molecule has 0 aliphatic carbocycles. The van der Waals surface area contributed by atoms with Crippen molar-refractivity contribution in [3.8, 4) is 22.6 Å². The van der Waals surface area contributed by atoms with E-state index in [1.807, 2.05) is 36.5 Å². The third kappa shape index (κ3) is 4.27. The van der Waals surface area contributed by atoms with Gasteiger partial charge in [-0.15, -0.1) is 10.2 Å². The summed E-state index contributed by atoms with van der Waals surface area (Å²) in [6.07, 6.45) is 4.85. The van der Waals surface area contributed by atoms with Crippen LogP contribution in [0.25, 0.3) is 22.6 Å². The minimum absolute atomic E-state index is 0.314. The fraction of sp³-hybridized carbons (Fsp3) is 0.364. The highest BCUT2D eigenvalue weighted by Gasteiger charge is 2.14. The zero-order valence-electron chi connectivity index (χ0n) is 17.6. The van der Waals surface area contributed by atoms with Crippen LogP contribution in [-0.4, -0.2) is 40.4 Å². The van der Waals surface area contributed by atoms with Crippen molar-refractivity contribution in [2.75, 3.05) is 0 Å². The van der Waals surface area contributed by atoms with E-state index < -0.39 is 0 Å². The highest BCUT2D eigenvalue weighted by atomic mass is 15.5. The van der Waals surface area contributed by atoms with Gasteiger partial charge in [0.05, 0.1) is 5.69 Å². The molecule has 4 aromatic rings. The molecular weight excluding hydrogens is 376 g/mol. The molecule has 0 saturated carbocycles. The summed E-state index contributed by atoms with van der Waals surface area (Å²) in [5.74, 6) is 2.77. The lowest BCUT2D eigenvalue weighted by Gasteiger charge is -2.08. The van der Waals surface area contributed by atoms with E-state index in [9.17, 15) is 0 Å². The first kappa shape index (κ1) is 19.9. The summed E-state index contributed by atoms with van der Waals surface area (Å²) < 4.78 is 2.05. The topological polar surface area (TPSA) is 98.1 Å². The van der Waals surface area contributed by atoms with Crippen molar-refractivity contribution in [2.45, 2.75) is 52.5 Å². The van der Waals surface area contributed by atoms with Gasteiger partial charge in [-0.1, -0.05) is 57.5 Å². The van der Waals surface area contributed by atoms with Crippen LogP contribution in [-0.2, 0) is 13.0 Å². The Balaban J connectivity index is 1.59. The molecule has 0 atom stereocenters. The second-order valence-electron chi connectivity index (χ2n) is 7.63. The van der Waals surface area contributed by atoms with Gasteiger partial charge in [-0.05, 0) is 23.3 Å². The number of H-pyrrole nitrogens is 1. The molecule has 0 radical (unpaired) electrons. The minimum Gasteiger partial charge on any atom is -0.256 e. The molecule has 8 nitrogen and oxygen atoms in total. The Morgan fingerprint density at radius 3 is 2.57 bits per heavy atom. The summed E-state index contributed by atoms with van der Waals surface area (Å²) in [6, 6.07) is 12.1. The van der Waals surface area contributed by atoms with Crippen molar-refractivity contribution < 1.29 is 0 Å². The number of aryl methyl sites for hydroxylation is 1. The summed E-state index contributed by atoms with van der Waals surface area (Å²) in [5.41, 5.74) is 3.84. The molecule has 4 rings (SSSR count). The van der Waals surface area contributed by atoms with Crippen LogP contribution < -0.4 is 0 Å². The first-order valence-electron chi connectivity index (χ1n) is 10.4. The number of nitrogens with zero attached hydrogens (tertiary/aromatic N) is 7. The molecule has 1 N–H and O–H groups in total. The van der Waals surface area contributed by atoms with Crippen LogP contribution in [0.2, 0.25) is 0 Å². The van der Waals surface area contributed by atoms with Gasteiger partial charge in [0.15, 0.2) is 5.82 Å². The molecule has 0 unspecified atom stereocenters. The summed E-state index contributed by atoms with van der Waals surface area (Å²) in [7, 11) is 0. The number of hydrogen-bond donors (Lipinski definition) is 1. The Labute approximate surface area is 175 Å². The molecule has 0 saturated heterocycles. The molecule has 8 heteroatoms. The van der Waals surface area contributed by atoms with Crippen molar-refractivity contribution in [3.63, 3.8) is 0 Å². The second kappa shape index (κ2) is 8.94. The number of aromatic amines is 1. The maximum absolute atomic E-state index is 4.78. The van der Waals surface area contributed by atoms with Gasteiger partial charge in [0.2, 0.25) is 5.82 Å². The standard InChI is InChI=1S/C22H26N8/c1-4-5-12-30-20(24-21(27-30)15(2)3)13-16-10-11-19(23-14-16)17-8-6-7-9-18(17)22-25-28-29-26-22/h6-11,14-15H,4-5,12-13H2,1-3H3,(H,25,26,28,29). The lowest BCUT2D eigenvalue weighted by atomic mass is 10.0. The molecule has 3 heterocycles. The first-order valence-corrected chi connectivity index (χ1v) is 10.4. The van der Waals surface area contributed by atoms with Crippen molar-refractivity contribution in [1.29, 1.82) is 0 Å². The number of aromatic nitrogens is 8. The normalized spacial score (nSPS) is 11.3. The molecule has 30 heavy (non-hydrogen) atoms. The minimum atomic E-state index is 0.314. The lowest BCUT2D eigenvalue weighted by Crippen LogP contribution is -2.07. The Hall–Kier alpha value is -3.42. The first-order chi connectivity index (χ1) is 14.7. The molecule has 1 aromatic carbocycles. The predicted molar refractivity (Wildman–Crippen MR) is 115 cm³/mol. The molecule has 0 aliphatic heterocycles. The highest BCUT2D eigenvalue weighted by molar-refractivity contribution is 5.78. The molecule has 0 fully saturated rings. The number of hydrogen-bond acceptors (Lipinski definition) is 6. The van der Waals surface area contributed by atoms with Gasteiger partial charge >= 0.3 is 0 Å². The maximum Gasteiger partial charge on any atom is 0.205 e. The number of unbranched alkanes of at least 4 members (excludes halogenated alkanes) is 1.